The van der Waals surface area contributed by atoms with Crippen LogP contribution in [0.1, 0.15) is 17.5 Å². The van der Waals surface area contributed by atoms with Gasteiger partial charge >= 0.3 is 0 Å². The number of para-hydroxylation sites is 1. The molecule has 0 radical (unpaired) electrons. The van der Waals surface area contributed by atoms with Gasteiger partial charge in [0.1, 0.15) is 18.1 Å². The highest BCUT2D eigenvalue weighted by atomic mass is 35.5. The fourth-order valence-corrected chi connectivity index (χ4v) is 2.10. The van der Waals surface area contributed by atoms with Crippen molar-refractivity contribution >= 4 is 12.4 Å². The normalized spacial score (nSPS) is 10.0. The molecule has 2 aromatic carbocycles. The number of hydrogen-bond donors (Lipinski definition) is 1. The molecule has 0 saturated carbocycles. The molecule has 3 nitrogen and oxygen atoms in total. The lowest BCUT2D eigenvalue weighted by molar-refractivity contribution is 0.293. The Kier molecular flexibility index (Phi) is 9.18. The molecule has 0 aromatic heterocycles. The minimum absolute atomic E-state index is 0. The third-order valence-corrected chi connectivity index (χ3v) is 3.42. The lowest BCUT2D eigenvalue weighted by atomic mass is 10.2. The summed E-state index contributed by atoms with van der Waals surface area (Å²) >= 11 is 0. The second kappa shape index (κ2) is 10.9. The molecule has 0 spiro atoms. The quantitative estimate of drug-likeness (QED) is 0.698. The zero-order valence-corrected chi connectivity index (χ0v) is 14.7. The SMILES string of the molecule is Cc1ccc(OCCNCCCOc2ccccc2C)cc1.Cl. The molecule has 0 aliphatic heterocycles. The van der Waals surface area contributed by atoms with Crippen LogP contribution >= 0.6 is 12.4 Å². The number of rotatable bonds is 9. The van der Waals surface area contributed by atoms with Gasteiger partial charge in [0.25, 0.3) is 0 Å². The van der Waals surface area contributed by atoms with Gasteiger partial charge in [-0.15, -0.1) is 12.4 Å². The fourth-order valence-electron chi connectivity index (χ4n) is 2.10. The van der Waals surface area contributed by atoms with Crippen molar-refractivity contribution in [3.63, 3.8) is 0 Å². The van der Waals surface area contributed by atoms with Crippen molar-refractivity contribution in [1.82, 2.24) is 5.32 Å². The van der Waals surface area contributed by atoms with Gasteiger partial charge in [0, 0.05) is 6.54 Å². The molecule has 4 heteroatoms. The summed E-state index contributed by atoms with van der Waals surface area (Å²) in [5.74, 6) is 1.90. The molecular formula is C19H26ClNO2. The Morgan fingerprint density at radius 3 is 2.30 bits per heavy atom. The second-order valence-corrected chi connectivity index (χ2v) is 5.38. The van der Waals surface area contributed by atoms with Crippen LogP contribution < -0.4 is 14.8 Å². The summed E-state index contributed by atoms with van der Waals surface area (Å²) in [5, 5.41) is 3.36. The zero-order chi connectivity index (χ0) is 15.6. The topological polar surface area (TPSA) is 30.5 Å². The number of halogens is 1. The van der Waals surface area contributed by atoms with E-state index in [1.165, 1.54) is 11.1 Å². The van der Waals surface area contributed by atoms with E-state index in [9.17, 15) is 0 Å². The molecule has 0 bridgehead atoms. The first-order chi connectivity index (χ1) is 10.8. The molecule has 0 saturated heterocycles. The van der Waals surface area contributed by atoms with Crippen molar-refractivity contribution in [1.29, 1.82) is 0 Å². The highest BCUT2D eigenvalue weighted by Gasteiger charge is 1.97. The minimum Gasteiger partial charge on any atom is -0.493 e. The Bertz CT molecular complexity index is 558. The Morgan fingerprint density at radius 1 is 0.826 bits per heavy atom. The van der Waals surface area contributed by atoms with Crippen molar-refractivity contribution < 1.29 is 9.47 Å². The largest absolute Gasteiger partial charge is 0.493 e. The van der Waals surface area contributed by atoms with Gasteiger partial charge in [-0.05, 0) is 50.6 Å². The molecular weight excluding hydrogens is 310 g/mol. The van der Waals surface area contributed by atoms with Crippen molar-refractivity contribution in [2.75, 3.05) is 26.3 Å². The number of ether oxygens (including phenoxy) is 2. The lowest BCUT2D eigenvalue weighted by Crippen LogP contribution is -2.23. The molecule has 2 aromatic rings. The van der Waals surface area contributed by atoms with E-state index in [-0.39, 0.29) is 12.4 Å². The van der Waals surface area contributed by atoms with Crippen LogP contribution in [0, 0.1) is 13.8 Å². The maximum absolute atomic E-state index is 5.75. The van der Waals surface area contributed by atoms with Crippen LogP contribution in [-0.2, 0) is 0 Å². The van der Waals surface area contributed by atoms with Gasteiger partial charge in [0.2, 0.25) is 0 Å². The van der Waals surface area contributed by atoms with Crippen LogP contribution in [0.25, 0.3) is 0 Å². The van der Waals surface area contributed by atoms with E-state index in [1.807, 2.05) is 30.3 Å². The molecule has 1 N–H and O–H groups in total. The summed E-state index contributed by atoms with van der Waals surface area (Å²) in [6, 6.07) is 16.2. The molecule has 0 aliphatic rings. The predicted octanol–water partition coefficient (Wildman–Crippen LogP) is 4.16. The summed E-state index contributed by atoms with van der Waals surface area (Å²) in [4.78, 5) is 0. The van der Waals surface area contributed by atoms with Crippen molar-refractivity contribution in [3.05, 3.63) is 59.7 Å². The first-order valence-electron chi connectivity index (χ1n) is 7.84. The Balaban J connectivity index is 0.00000264. The summed E-state index contributed by atoms with van der Waals surface area (Å²) in [6.45, 7) is 7.33. The molecule has 0 fully saturated rings. The van der Waals surface area contributed by atoms with E-state index in [0.717, 1.165) is 37.6 Å². The van der Waals surface area contributed by atoms with Crippen molar-refractivity contribution in [2.24, 2.45) is 0 Å². The van der Waals surface area contributed by atoms with E-state index in [2.05, 4.69) is 37.4 Å². The molecule has 23 heavy (non-hydrogen) atoms. The van der Waals surface area contributed by atoms with Gasteiger partial charge in [-0.25, -0.2) is 0 Å². The number of aryl methyl sites for hydroxylation is 2. The maximum atomic E-state index is 5.75. The number of hydrogen-bond acceptors (Lipinski definition) is 3. The predicted molar refractivity (Wildman–Crippen MR) is 98.1 cm³/mol. The van der Waals surface area contributed by atoms with Crippen molar-refractivity contribution in [3.8, 4) is 11.5 Å². The minimum atomic E-state index is 0. The molecule has 126 valence electrons. The van der Waals surface area contributed by atoms with Crippen LogP contribution in [0.4, 0.5) is 0 Å². The maximum Gasteiger partial charge on any atom is 0.122 e. The van der Waals surface area contributed by atoms with Crippen molar-refractivity contribution in [2.45, 2.75) is 20.3 Å². The summed E-state index contributed by atoms with van der Waals surface area (Å²) in [5.41, 5.74) is 2.43. The van der Waals surface area contributed by atoms with E-state index >= 15 is 0 Å². The zero-order valence-electron chi connectivity index (χ0n) is 13.9. The van der Waals surface area contributed by atoms with Gasteiger partial charge in [0.15, 0.2) is 0 Å². The second-order valence-electron chi connectivity index (χ2n) is 5.38. The van der Waals surface area contributed by atoms with E-state index < -0.39 is 0 Å². The number of nitrogens with one attached hydrogen (secondary N) is 1. The van der Waals surface area contributed by atoms with E-state index in [0.29, 0.717) is 6.61 Å². The van der Waals surface area contributed by atoms with Crippen LogP contribution in [0.2, 0.25) is 0 Å². The summed E-state index contributed by atoms with van der Waals surface area (Å²) in [6.07, 6.45) is 0.985. The Labute approximate surface area is 145 Å². The van der Waals surface area contributed by atoms with E-state index in [4.69, 9.17) is 9.47 Å². The lowest BCUT2D eigenvalue weighted by Gasteiger charge is -2.10. The Hall–Kier alpha value is -1.71. The smallest absolute Gasteiger partial charge is 0.122 e. The van der Waals surface area contributed by atoms with Crippen LogP contribution in [0.15, 0.2) is 48.5 Å². The van der Waals surface area contributed by atoms with Gasteiger partial charge in [-0.1, -0.05) is 35.9 Å². The summed E-state index contributed by atoms with van der Waals surface area (Å²) < 4.78 is 11.4. The van der Waals surface area contributed by atoms with Crippen LogP contribution in [0.5, 0.6) is 11.5 Å². The van der Waals surface area contributed by atoms with Crippen LogP contribution in [0.3, 0.4) is 0 Å². The molecule has 0 heterocycles. The van der Waals surface area contributed by atoms with Gasteiger partial charge in [0.05, 0.1) is 6.61 Å². The summed E-state index contributed by atoms with van der Waals surface area (Å²) in [7, 11) is 0. The van der Waals surface area contributed by atoms with E-state index in [1.54, 1.807) is 0 Å². The van der Waals surface area contributed by atoms with Gasteiger partial charge in [-0.2, -0.15) is 0 Å². The van der Waals surface area contributed by atoms with Gasteiger partial charge < -0.3 is 14.8 Å². The molecule has 2 rings (SSSR count). The average Bonchev–Trinajstić information content (AvgIpc) is 2.53. The third-order valence-electron chi connectivity index (χ3n) is 3.42. The molecule has 0 aliphatic carbocycles. The molecule has 0 atom stereocenters. The Morgan fingerprint density at radius 2 is 1.57 bits per heavy atom. The van der Waals surface area contributed by atoms with Gasteiger partial charge in [-0.3, -0.25) is 0 Å². The third kappa shape index (κ3) is 7.40. The standard InChI is InChI=1S/C19H25NO2.ClH/c1-16-8-10-18(11-9-16)21-15-13-20-12-5-14-22-19-7-4-3-6-17(19)2;/h3-4,6-11,20H,5,12-15H2,1-2H3;1H. The number of benzene rings is 2. The first kappa shape index (κ1) is 19.3. The first-order valence-corrected chi connectivity index (χ1v) is 7.84. The monoisotopic (exact) mass is 335 g/mol. The highest BCUT2D eigenvalue weighted by Crippen LogP contribution is 2.16. The average molecular weight is 336 g/mol. The molecule has 0 unspecified atom stereocenters. The fraction of sp³-hybridized carbons (Fsp3) is 0.368. The molecule has 0 amide bonds. The van der Waals surface area contributed by atoms with Crippen LogP contribution in [-0.4, -0.2) is 26.3 Å². The highest BCUT2D eigenvalue weighted by molar-refractivity contribution is 5.85.